The molecule has 1 aromatic carbocycles. The lowest BCUT2D eigenvalue weighted by atomic mass is 9.84. The Hall–Kier alpha value is -1.99. The zero-order valence-electron chi connectivity index (χ0n) is 15.8. The molecular weight excluding hydrogens is 334 g/mol. The van der Waals surface area contributed by atoms with Gasteiger partial charge in [0.25, 0.3) is 0 Å². The van der Waals surface area contributed by atoms with E-state index in [1.165, 1.54) is 0 Å². The highest BCUT2D eigenvalue weighted by Gasteiger charge is 2.34. The second kappa shape index (κ2) is 10.9. The van der Waals surface area contributed by atoms with Gasteiger partial charge in [-0.3, -0.25) is 4.99 Å². The predicted molar refractivity (Wildman–Crippen MR) is 102 cm³/mol. The van der Waals surface area contributed by atoms with Crippen LogP contribution in [0.15, 0.2) is 29.3 Å². The molecule has 1 aromatic rings. The quantitative estimate of drug-likeness (QED) is 0.330. The first-order valence-electron chi connectivity index (χ1n) is 9.11. The molecule has 0 amide bonds. The van der Waals surface area contributed by atoms with Crippen molar-refractivity contribution in [3.8, 4) is 11.5 Å². The smallest absolute Gasteiger partial charge is 0.191 e. The van der Waals surface area contributed by atoms with E-state index in [0.717, 1.165) is 56.4 Å². The Labute approximate surface area is 155 Å². The van der Waals surface area contributed by atoms with E-state index in [4.69, 9.17) is 14.2 Å². The van der Waals surface area contributed by atoms with Crippen molar-refractivity contribution in [2.24, 2.45) is 10.4 Å². The SMILES string of the molecule is CN=C(NCCCOc1cccc(OC)c1)NCC1(CCO)CCOC1. The van der Waals surface area contributed by atoms with Crippen LogP contribution in [0.1, 0.15) is 19.3 Å². The molecule has 1 heterocycles. The van der Waals surface area contributed by atoms with Gasteiger partial charge in [0, 0.05) is 44.8 Å². The molecule has 26 heavy (non-hydrogen) atoms. The van der Waals surface area contributed by atoms with Crippen LogP contribution < -0.4 is 20.1 Å². The third-order valence-corrected chi connectivity index (χ3v) is 4.61. The standard InChI is InChI=1S/C19H31N3O4/c1-20-18(22-14-19(7-10-23)8-12-25-15-19)21-9-4-11-26-17-6-3-5-16(13-17)24-2/h3,5-6,13,23H,4,7-12,14-15H2,1-2H3,(H2,20,21,22). The van der Waals surface area contributed by atoms with Crippen molar-refractivity contribution in [3.05, 3.63) is 24.3 Å². The number of rotatable bonds is 10. The molecule has 1 saturated heterocycles. The molecule has 146 valence electrons. The van der Waals surface area contributed by atoms with Crippen LogP contribution in [0, 0.1) is 5.41 Å². The van der Waals surface area contributed by atoms with Gasteiger partial charge in [0.15, 0.2) is 5.96 Å². The summed E-state index contributed by atoms with van der Waals surface area (Å²) in [6.45, 7) is 3.74. The topological polar surface area (TPSA) is 84.3 Å². The minimum Gasteiger partial charge on any atom is -0.497 e. The fraction of sp³-hybridized carbons (Fsp3) is 0.632. The van der Waals surface area contributed by atoms with Crippen LogP contribution >= 0.6 is 0 Å². The number of guanidine groups is 1. The van der Waals surface area contributed by atoms with Gasteiger partial charge in [-0.2, -0.15) is 0 Å². The molecule has 7 heteroatoms. The maximum Gasteiger partial charge on any atom is 0.191 e. The summed E-state index contributed by atoms with van der Waals surface area (Å²) in [5.41, 5.74) is 0.00183. The van der Waals surface area contributed by atoms with Crippen molar-refractivity contribution in [1.82, 2.24) is 10.6 Å². The van der Waals surface area contributed by atoms with Crippen LogP contribution in [-0.4, -0.2) is 64.7 Å². The Morgan fingerprint density at radius 1 is 1.35 bits per heavy atom. The highest BCUT2D eigenvalue weighted by Crippen LogP contribution is 2.31. The number of methoxy groups -OCH3 is 1. The molecule has 1 atom stereocenters. The minimum atomic E-state index is 0.00183. The van der Waals surface area contributed by atoms with E-state index in [0.29, 0.717) is 13.2 Å². The first-order chi connectivity index (χ1) is 12.7. The zero-order valence-corrected chi connectivity index (χ0v) is 15.8. The lowest BCUT2D eigenvalue weighted by Gasteiger charge is -2.27. The summed E-state index contributed by atoms with van der Waals surface area (Å²) in [6, 6.07) is 7.59. The molecule has 3 N–H and O–H groups in total. The first-order valence-corrected chi connectivity index (χ1v) is 9.11. The van der Waals surface area contributed by atoms with Crippen molar-refractivity contribution in [3.63, 3.8) is 0 Å². The van der Waals surface area contributed by atoms with Gasteiger partial charge in [0.05, 0.1) is 20.3 Å². The van der Waals surface area contributed by atoms with Crippen LogP contribution in [0.4, 0.5) is 0 Å². The van der Waals surface area contributed by atoms with Crippen LogP contribution in [0.25, 0.3) is 0 Å². The van der Waals surface area contributed by atoms with Gasteiger partial charge in [0.1, 0.15) is 11.5 Å². The fourth-order valence-electron chi connectivity index (χ4n) is 2.96. The lowest BCUT2D eigenvalue weighted by molar-refractivity contribution is 0.127. The molecule has 1 unspecified atom stereocenters. The molecular formula is C19H31N3O4. The molecule has 2 rings (SSSR count). The number of aliphatic imine (C=N–C) groups is 1. The number of aliphatic hydroxyl groups is 1. The third-order valence-electron chi connectivity index (χ3n) is 4.61. The van der Waals surface area contributed by atoms with Crippen LogP contribution in [0.2, 0.25) is 0 Å². The molecule has 0 spiro atoms. The van der Waals surface area contributed by atoms with E-state index in [-0.39, 0.29) is 12.0 Å². The van der Waals surface area contributed by atoms with Crippen molar-refractivity contribution < 1.29 is 19.3 Å². The number of hydrogen-bond donors (Lipinski definition) is 3. The summed E-state index contributed by atoms with van der Waals surface area (Å²) in [6.07, 6.45) is 2.56. The summed E-state index contributed by atoms with van der Waals surface area (Å²) in [5.74, 6) is 2.35. The molecule has 0 bridgehead atoms. The Kier molecular flexibility index (Phi) is 8.50. The van der Waals surface area contributed by atoms with E-state index in [2.05, 4.69) is 15.6 Å². The van der Waals surface area contributed by atoms with Crippen molar-refractivity contribution >= 4 is 5.96 Å². The van der Waals surface area contributed by atoms with Gasteiger partial charge in [-0.05, 0) is 31.4 Å². The normalized spacial score (nSPS) is 20.0. The lowest BCUT2D eigenvalue weighted by Crippen LogP contribution is -2.44. The van der Waals surface area contributed by atoms with E-state index < -0.39 is 0 Å². The predicted octanol–water partition coefficient (Wildman–Crippen LogP) is 1.42. The number of aliphatic hydroxyl groups excluding tert-OH is 1. The van der Waals surface area contributed by atoms with Gasteiger partial charge in [-0.25, -0.2) is 0 Å². The van der Waals surface area contributed by atoms with Gasteiger partial charge < -0.3 is 30.0 Å². The fourth-order valence-corrected chi connectivity index (χ4v) is 2.96. The number of hydrogen-bond acceptors (Lipinski definition) is 5. The van der Waals surface area contributed by atoms with E-state index in [9.17, 15) is 5.11 Å². The Balaban J connectivity index is 1.65. The second-order valence-corrected chi connectivity index (χ2v) is 6.51. The number of benzene rings is 1. The average molecular weight is 365 g/mol. The zero-order chi connectivity index (χ0) is 18.7. The number of nitrogens with zero attached hydrogens (tertiary/aromatic N) is 1. The maximum atomic E-state index is 9.29. The average Bonchev–Trinajstić information content (AvgIpc) is 3.13. The monoisotopic (exact) mass is 365 g/mol. The molecule has 1 aliphatic rings. The highest BCUT2D eigenvalue weighted by atomic mass is 16.5. The Morgan fingerprint density at radius 2 is 2.19 bits per heavy atom. The summed E-state index contributed by atoms with van der Waals surface area (Å²) in [4.78, 5) is 4.25. The molecule has 0 radical (unpaired) electrons. The van der Waals surface area contributed by atoms with Crippen LogP contribution in [0.3, 0.4) is 0 Å². The highest BCUT2D eigenvalue weighted by molar-refractivity contribution is 5.79. The summed E-state index contributed by atoms with van der Waals surface area (Å²) in [7, 11) is 3.40. The Morgan fingerprint density at radius 3 is 2.88 bits per heavy atom. The minimum absolute atomic E-state index is 0.00183. The number of ether oxygens (including phenoxy) is 3. The second-order valence-electron chi connectivity index (χ2n) is 6.51. The van der Waals surface area contributed by atoms with Gasteiger partial charge in [-0.15, -0.1) is 0 Å². The molecule has 0 saturated carbocycles. The molecule has 7 nitrogen and oxygen atoms in total. The molecule has 1 fully saturated rings. The van der Waals surface area contributed by atoms with E-state index in [1.807, 2.05) is 24.3 Å². The molecule has 0 aromatic heterocycles. The van der Waals surface area contributed by atoms with Crippen LogP contribution in [0.5, 0.6) is 11.5 Å². The van der Waals surface area contributed by atoms with Gasteiger partial charge in [-0.1, -0.05) is 6.07 Å². The largest absolute Gasteiger partial charge is 0.497 e. The summed E-state index contributed by atoms with van der Waals surface area (Å²) in [5, 5.41) is 15.9. The van der Waals surface area contributed by atoms with E-state index >= 15 is 0 Å². The maximum absolute atomic E-state index is 9.29. The summed E-state index contributed by atoms with van der Waals surface area (Å²) < 4.78 is 16.4. The number of nitrogens with one attached hydrogen (secondary N) is 2. The van der Waals surface area contributed by atoms with E-state index in [1.54, 1.807) is 14.2 Å². The van der Waals surface area contributed by atoms with Crippen LogP contribution in [-0.2, 0) is 4.74 Å². The Bertz CT molecular complexity index is 559. The first kappa shape index (κ1) is 20.3. The molecule has 0 aliphatic carbocycles. The van der Waals surface area contributed by atoms with Crippen molar-refractivity contribution in [2.45, 2.75) is 19.3 Å². The summed E-state index contributed by atoms with van der Waals surface area (Å²) >= 11 is 0. The van der Waals surface area contributed by atoms with Crippen molar-refractivity contribution in [1.29, 1.82) is 0 Å². The third kappa shape index (κ3) is 6.38. The van der Waals surface area contributed by atoms with Gasteiger partial charge in [0.2, 0.25) is 0 Å². The van der Waals surface area contributed by atoms with Crippen molar-refractivity contribution in [2.75, 3.05) is 53.7 Å². The molecule has 1 aliphatic heterocycles. The van der Waals surface area contributed by atoms with Gasteiger partial charge >= 0.3 is 0 Å².